The van der Waals surface area contributed by atoms with Gasteiger partial charge in [-0.05, 0) is 62.2 Å². The van der Waals surface area contributed by atoms with E-state index in [2.05, 4.69) is 59.5 Å². The van der Waals surface area contributed by atoms with E-state index >= 15 is 0 Å². The van der Waals surface area contributed by atoms with Crippen LogP contribution in [-0.4, -0.2) is 12.8 Å². The summed E-state index contributed by atoms with van der Waals surface area (Å²) in [4.78, 5) is 1.24. The average Bonchev–Trinajstić information content (AvgIpc) is 2.50. The summed E-state index contributed by atoms with van der Waals surface area (Å²) >= 11 is 5.26. The van der Waals surface area contributed by atoms with Gasteiger partial charge in [0.1, 0.15) is 11.5 Å². The van der Waals surface area contributed by atoms with Crippen molar-refractivity contribution in [2.45, 2.75) is 24.8 Å². The van der Waals surface area contributed by atoms with E-state index in [0.717, 1.165) is 28.1 Å². The molecule has 0 saturated carbocycles. The molecule has 2 nitrogen and oxygen atoms in total. The molecule has 1 atom stereocenters. The average molecular weight is 366 g/mol. The van der Waals surface area contributed by atoms with Crippen molar-refractivity contribution in [3.63, 3.8) is 0 Å². The zero-order valence-corrected chi connectivity index (χ0v) is 14.9. The highest BCUT2D eigenvalue weighted by Crippen LogP contribution is 2.32. The Kier molecular flexibility index (Phi) is 6.15. The number of hydrogen-bond donors (Lipinski definition) is 1. The minimum atomic E-state index is 0.243. The summed E-state index contributed by atoms with van der Waals surface area (Å²) in [5.74, 6) is 1.75. The van der Waals surface area contributed by atoms with Gasteiger partial charge in [0.2, 0.25) is 0 Å². The Morgan fingerprint density at radius 2 is 1.90 bits per heavy atom. The fourth-order valence-corrected chi connectivity index (χ4v) is 2.92. The molecule has 0 saturated heterocycles. The maximum absolute atomic E-state index is 6.06. The SMILES string of the molecule is CCNC(C)c1cc(Br)ccc1Oc1ccc(SC)cc1. The molecule has 0 bridgehead atoms. The van der Waals surface area contributed by atoms with Crippen molar-refractivity contribution < 1.29 is 4.74 Å². The molecular formula is C17H20BrNOS. The first-order valence-electron chi connectivity index (χ1n) is 6.98. The topological polar surface area (TPSA) is 21.3 Å². The number of nitrogens with one attached hydrogen (secondary N) is 1. The van der Waals surface area contributed by atoms with Crippen molar-refractivity contribution in [1.29, 1.82) is 0 Å². The molecule has 0 aliphatic heterocycles. The Balaban J connectivity index is 2.25. The lowest BCUT2D eigenvalue weighted by Crippen LogP contribution is -2.18. The van der Waals surface area contributed by atoms with Crippen LogP contribution in [0, 0.1) is 0 Å². The lowest BCUT2D eigenvalue weighted by molar-refractivity contribution is 0.462. The monoisotopic (exact) mass is 365 g/mol. The second-order valence-electron chi connectivity index (χ2n) is 4.74. The standard InChI is InChI=1S/C17H20BrNOS/c1-4-19-12(2)16-11-13(18)5-10-17(16)20-14-6-8-15(21-3)9-7-14/h5-12,19H,4H2,1-3H3. The molecule has 112 valence electrons. The van der Waals surface area contributed by atoms with E-state index in [4.69, 9.17) is 4.74 Å². The highest BCUT2D eigenvalue weighted by molar-refractivity contribution is 9.10. The molecule has 2 aromatic carbocycles. The van der Waals surface area contributed by atoms with Gasteiger partial charge in [0.15, 0.2) is 0 Å². The van der Waals surface area contributed by atoms with Crippen LogP contribution < -0.4 is 10.1 Å². The third-order valence-corrected chi connectivity index (χ3v) is 4.47. The van der Waals surface area contributed by atoms with Crippen LogP contribution in [0.4, 0.5) is 0 Å². The van der Waals surface area contributed by atoms with E-state index in [1.807, 2.05) is 24.3 Å². The largest absolute Gasteiger partial charge is 0.457 e. The van der Waals surface area contributed by atoms with Crippen LogP contribution in [0.1, 0.15) is 25.5 Å². The lowest BCUT2D eigenvalue weighted by Gasteiger charge is -2.18. The molecule has 2 aromatic rings. The maximum atomic E-state index is 6.06. The zero-order chi connectivity index (χ0) is 15.2. The Labute approximate surface area is 139 Å². The first kappa shape index (κ1) is 16.4. The van der Waals surface area contributed by atoms with Gasteiger partial charge < -0.3 is 10.1 Å². The number of hydrogen-bond acceptors (Lipinski definition) is 3. The molecule has 0 heterocycles. The molecule has 1 N–H and O–H groups in total. The van der Waals surface area contributed by atoms with Crippen molar-refractivity contribution in [1.82, 2.24) is 5.32 Å². The minimum Gasteiger partial charge on any atom is -0.457 e. The first-order chi connectivity index (χ1) is 10.1. The Bertz CT molecular complexity index is 586. The molecule has 2 rings (SSSR count). The summed E-state index contributed by atoms with van der Waals surface area (Å²) < 4.78 is 7.12. The quantitative estimate of drug-likeness (QED) is 0.669. The summed E-state index contributed by atoms with van der Waals surface area (Å²) in [6.45, 7) is 5.18. The van der Waals surface area contributed by atoms with Gasteiger partial charge in [-0.1, -0.05) is 22.9 Å². The third-order valence-electron chi connectivity index (χ3n) is 3.24. The second-order valence-corrected chi connectivity index (χ2v) is 6.53. The number of ether oxygens (including phenoxy) is 1. The first-order valence-corrected chi connectivity index (χ1v) is 9.00. The summed E-state index contributed by atoms with van der Waals surface area (Å²) in [6, 6.07) is 14.5. The number of benzene rings is 2. The van der Waals surface area contributed by atoms with E-state index in [1.165, 1.54) is 4.90 Å². The Morgan fingerprint density at radius 3 is 2.52 bits per heavy atom. The highest BCUT2D eigenvalue weighted by atomic mass is 79.9. The molecule has 0 fully saturated rings. The molecule has 0 amide bonds. The van der Waals surface area contributed by atoms with E-state index < -0.39 is 0 Å². The molecule has 0 radical (unpaired) electrons. The van der Waals surface area contributed by atoms with E-state index in [-0.39, 0.29) is 6.04 Å². The van der Waals surface area contributed by atoms with Gasteiger partial charge in [0.25, 0.3) is 0 Å². The van der Waals surface area contributed by atoms with E-state index in [0.29, 0.717) is 0 Å². The summed E-state index contributed by atoms with van der Waals surface area (Å²) in [6.07, 6.45) is 2.07. The molecule has 0 spiro atoms. The van der Waals surface area contributed by atoms with Crippen molar-refractivity contribution in [3.8, 4) is 11.5 Å². The van der Waals surface area contributed by atoms with Crippen molar-refractivity contribution in [3.05, 3.63) is 52.5 Å². The van der Waals surface area contributed by atoms with Crippen molar-refractivity contribution >= 4 is 27.7 Å². The smallest absolute Gasteiger partial charge is 0.132 e. The molecular weight excluding hydrogens is 346 g/mol. The Hall–Kier alpha value is -0.970. The fourth-order valence-electron chi connectivity index (χ4n) is 2.14. The normalized spacial score (nSPS) is 12.2. The van der Waals surface area contributed by atoms with Crippen LogP contribution in [0.15, 0.2) is 51.8 Å². The minimum absolute atomic E-state index is 0.243. The third kappa shape index (κ3) is 4.50. The fraction of sp³-hybridized carbons (Fsp3) is 0.294. The van der Waals surface area contributed by atoms with Gasteiger partial charge >= 0.3 is 0 Å². The predicted octanol–water partition coefficient (Wildman–Crippen LogP) is 5.63. The van der Waals surface area contributed by atoms with Crippen molar-refractivity contribution in [2.24, 2.45) is 0 Å². The second kappa shape index (κ2) is 7.87. The van der Waals surface area contributed by atoms with E-state index in [9.17, 15) is 0 Å². The molecule has 4 heteroatoms. The van der Waals surface area contributed by atoms with E-state index in [1.54, 1.807) is 11.8 Å². The molecule has 0 aliphatic rings. The van der Waals surface area contributed by atoms with Crippen LogP contribution >= 0.6 is 27.7 Å². The number of rotatable bonds is 6. The van der Waals surface area contributed by atoms with Crippen LogP contribution in [-0.2, 0) is 0 Å². The molecule has 0 aliphatic carbocycles. The molecule has 0 aromatic heterocycles. The van der Waals surface area contributed by atoms with Gasteiger partial charge in [0.05, 0.1) is 0 Å². The summed E-state index contributed by atoms with van der Waals surface area (Å²) in [7, 11) is 0. The predicted molar refractivity (Wildman–Crippen MR) is 94.5 cm³/mol. The molecule has 21 heavy (non-hydrogen) atoms. The number of thioether (sulfide) groups is 1. The highest BCUT2D eigenvalue weighted by Gasteiger charge is 2.12. The number of halogens is 1. The summed E-state index contributed by atoms with van der Waals surface area (Å²) in [5.41, 5.74) is 1.15. The zero-order valence-electron chi connectivity index (χ0n) is 12.5. The van der Waals surface area contributed by atoms with Gasteiger partial charge in [-0.2, -0.15) is 0 Å². The van der Waals surface area contributed by atoms with Gasteiger partial charge in [-0.25, -0.2) is 0 Å². The lowest BCUT2D eigenvalue weighted by atomic mass is 10.1. The Morgan fingerprint density at radius 1 is 1.19 bits per heavy atom. The van der Waals surface area contributed by atoms with Crippen molar-refractivity contribution in [2.75, 3.05) is 12.8 Å². The maximum Gasteiger partial charge on any atom is 0.132 e. The van der Waals surface area contributed by atoms with Crippen LogP contribution in [0.5, 0.6) is 11.5 Å². The van der Waals surface area contributed by atoms with Crippen LogP contribution in [0.25, 0.3) is 0 Å². The van der Waals surface area contributed by atoms with Gasteiger partial charge in [-0.15, -0.1) is 11.8 Å². The van der Waals surface area contributed by atoms with Crippen LogP contribution in [0.2, 0.25) is 0 Å². The van der Waals surface area contributed by atoms with Gasteiger partial charge in [0, 0.05) is 21.0 Å². The summed E-state index contributed by atoms with van der Waals surface area (Å²) in [5, 5.41) is 3.43. The van der Waals surface area contributed by atoms with Gasteiger partial charge in [-0.3, -0.25) is 0 Å². The van der Waals surface area contributed by atoms with Crippen LogP contribution in [0.3, 0.4) is 0 Å². The molecule has 1 unspecified atom stereocenters.